The van der Waals surface area contributed by atoms with E-state index in [2.05, 4.69) is 34.6 Å². The maximum Gasteiger partial charge on any atom is 0.243 e. The number of aryl methyl sites for hydroxylation is 1. The Morgan fingerprint density at radius 1 is 1.03 bits per heavy atom. The van der Waals surface area contributed by atoms with Crippen LogP contribution in [0.5, 0.6) is 5.75 Å². The molecule has 2 aliphatic rings. The third-order valence-corrected chi connectivity index (χ3v) is 9.15. The highest BCUT2D eigenvalue weighted by molar-refractivity contribution is 7.89. The van der Waals surface area contributed by atoms with Crippen LogP contribution in [-0.4, -0.2) is 53.9 Å². The number of piperidine rings is 1. The van der Waals surface area contributed by atoms with Crippen molar-refractivity contribution in [1.82, 2.24) is 18.8 Å². The van der Waals surface area contributed by atoms with Crippen molar-refractivity contribution in [2.45, 2.75) is 63.1 Å². The number of aromatic nitrogens is 2. The van der Waals surface area contributed by atoms with Gasteiger partial charge in [-0.2, -0.15) is 4.31 Å². The lowest BCUT2D eigenvalue weighted by atomic mass is 10.0. The number of ether oxygens (including phenoxy) is 1. The van der Waals surface area contributed by atoms with Crippen LogP contribution < -0.4 is 4.74 Å². The average Bonchev–Trinajstić information content (AvgIpc) is 3.48. The molecule has 0 bridgehead atoms. The summed E-state index contributed by atoms with van der Waals surface area (Å²) in [6, 6.07) is 14.1. The summed E-state index contributed by atoms with van der Waals surface area (Å²) in [5.74, 6) is 1.87. The summed E-state index contributed by atoms with van der Waals surface area (Å²) in [7, 11) is -1.77. The van der Waals surface area contributed by atoms with Gasteiger partial charge in [0.15, 0.2) is 0 Å². The number of benzene rings is 2. The zero-order valence-corrected chi connectivity index (χ0v) is 20.9. The van der Waals surface area contributed by atoms with Crippen LogP contribution in [0.4, 0.5) is 0 Å². The highest BCUT2D eigenvalue weighted by atomic mass is 32.2. The maximum absolute atomic E-state index is 13.2. The molecular formula is C26H34N4O3S. The van der Waals surface area contributed by atoms with E-state index >= 15 is 0 Å². The zero-order valence-electron chi connectivity index (χ0n) is 20.1. The fraction of sp³-hybridized carbons (Fsp3) is 0.500. The molecule has 3 heterocycles. The van der Waals surface area contributed by atoms with Gasteiger partial charge in [-0.3, -0.25) is 4.90 Å². The summed E-state index contributed by atoms with van der Waals surface area (Å²) < 4.78 is 35.7. The van der Waals surface area contributed by atoms with Crippen molar-refractivity contribution in [3.8, 4) is 5.75 Å². The van der Waals surface area contributed by atoms with Gasteiger partial charge in [0.1, 0.15) is 11.6 Å². The van der Waals surface area contributed by atoms with E-state index in [0.717, 1.165) is 74.3 Å². The molecule has 0 N–H and O–H groups in total. The molecule has 3 aromatic rings. The predicted octanol–water partition coefficient (Wildman–Crippen LogP) is 4.58. The molecule has 0 radical (unpaired) electrons. The summed E-state index contributed by atoms with van der Waals surface area (Å²) >= 11 is 0. The summed E-state index contributed by atoms with van der Waals surface area (Å²) in [6.45, 7) is 5.88. The summed E-state index contributed by atoms with van der Waals surface area (Å²) in [4.78, 5) is 7.77. The molecule has 2 aliphatic heterocycles. The van der Waals surface area contributed by atoms with Crippen molar-refractivity contribution in [2.75, 3.05) is 26.7 Å². The molecule has 2 aromatic carbocycles. The Labute approximate surface area is 202 Å². The van der Waals surface area contributed by atoms with Crippen LogP contribution in [0.25, 0.3) is 11.0 Å². The molecule has 8 heteroatoms. The molecule has 2 saturated heterocycles. The minimum atomic E-state index is -3.48. The molecule has 5 rings (SSSR count). The minimum absolute atomic E-state index is 0.329. The Hall–Kier alpha value is -2.42. The van der Waals surface area contributed by atoms with Crippen LogP contribution in [-0.2, 0) is 23.1 Å². The standard InChI is InChI=1S/C26H34N4O3S/c1-3-30-25-13-12-22(34(31,32)29-15-5-4-6-16-29)18-23(25)27-26(30)19-28-14-8-11-24(28)20-9-7-10-21(17-20)33-2/h7,9-10,12-13,17-18,24H,3-6,8,11,14-16,19H2,1-2H3. The normalized spacial score (nSPS) is 20.2. The van der Waals surface area contributed by atoms with Gasteiger partial charge in [0.2, 0.25) is 10.0 Å². The highest BCUT2D eigenvalue weighted by Gasteiger charge is 2.29. The van der Waals surface area contributed by atoms with Crippen LogP contribution >= 0.6 is 0 Å². The number of likely N-dealkylation sites (tertiary alicyclic amines) is 1. The number of hydrogen-bond donors (Lipinski definition) is 0. The van der Waals surface area contributed by atoms with E-state index < -0.39 is 10.0 Å². The van der Waals surface area contributed by atoms with Crippen LogP contribution in [0.3, 0.4) is 0 Å². The molecule has 34 heavy (non-hydrogen) atoms. The number of nitrogens with zero attached hydrogens (tertiary/aromatic N) is 4. The van der Waals surface area contributed by atoms with Crippen molar-refractivity contribution < 1.29 is 13.2 Å². The van der Waals surface area contributed by atoms with E-state index in [0.29, 0.717) is 24.0 Å². The summed E-state index contributed by atoms with van der Waals surface area (Å²) in [5, 5.41) is 0. The number of fused-ring (bicyclic) bond motifs is 1. The summed E-state index contributed by atoms with van der Waals surface area (Å²) in [6.07, 6.45) is 5.22. The SMILES string of the molecule is CCn1c(CN2CCCC2c2cccc(OC)c2)nc2cc(S(=O)(=O)N3CCCCC3)ccc21. The number of rotatable bonds is 7. The van der Waals surface area contributed by atoms with Gasteiger partial charge in [-0.15, -0.1) is 0 Å². The number of sulfonamides is 1. The Morgan fingerprint density at radius 3 is 2.62 bits per heavy atom. The molecule has 0 spiro atoms. The topological polar surface area (TPSA) is 67.7 Å². The minimum Gasteiger partial charge on any atom is -0.497 e. The quantitative estimate of drug-likeness (QED) is 0.493. The second-order valence-electron chi connectivity index (χ2n) is 9.29. The van der Waals surface area contributed by atoms with Crippen molar-refractivity contribution in [1.29, 1.82) is 0 Å². The Morgan fingerprint density at radius 2 is 1.85 bits per heavy atom. The van der Waals surface area contributed by atoms with Gasteiger partial charge in [0, 0.05) is 25.7 Å². The number of imidazole rings is 1. The molecule has 0 saturated carbocycles. The van der Waals surface area contributed by atoms with Gasteiger partial charge in [0.25, 0.3) is 0 Å². The molecule has 2 fully saturated rings. The average molecular weight is 483 g/mol. The number of methoxy groups -OCH3 is 1. The lowest BCUT2D eigenvalue weighted by Crippen LogP contribution is -2.35. The molecule has 1 unspecified atom stereocenters. The van der Waals surface area contributed by atoms with Crippen molar-refractivity contribution in [2.24, 2.45) is 0 Å². The van der Waals surface area contributed by atoms with Gasteiger partial charge >= 0.3 is 0 Å². The van der Waals surface area contributed by atoms with E-state index in [1.807, 2.05) is 12.1 Å². The molecule has 1 aromatic heterocycles. The van der Waals surface area contributed by atoms with Crippen LogP contribution in [0.15, 0.2) is 47.4 Å². The van der Waals surface area contributed by atoms with Gasteiger partial charge in [0.05, 0.1) is 29.6 Å². The van der Waals surface area contributed by atoms with E-state index in [1.54, 1.807) is 23.5 Å². The van der Waals surface area contributed by atoms with Crippen LogP contribution in [0.2, 0.25) is 0 Å². The first-order valence-electron chi connectivity index (χ1n) is 12.4. The largest absolute Gasteiger partial charge is 0.497 e. The van der Waals surface area contributed by atoms with E-state index in [4.69, 9.17) is 9.72 Å². The highest BCUT2D eigenvalue weighted by Crippen LogP contribution is 2.35. The van der Waals surface area contributed by atoms with Crippen molar-refractivity contribution in [3.05, 3.63) is 53.9 Å². The fourth-order valence-electron chi connectivity index (χ4n) is 5.47. The Balaban J connectivity index is 1.44. The van der Waals surface area contributed by atoms with Crippen molar-refractivity contribution in [3.63, 3.8) is 0 Å². The molecule has 0 amide bonds. The predicted molar refractivity (Wildman–Crippen MR) is 133 cm³/mol. The van der Waals surface area contributed by atoms with E-state index in [-0.39, 0.29) is 0 Å². The molecule has 1 atom stereocenters. The van der Waals surface area contributed by atoms with Crippen LogP contribution in [0, 0.1) is 0 Å². The summed E-state index contributed by atoms with van der Waals surface area (Å²) in [5.41, 5.74) is 3.02. The third kappa shape index (κ3) is 4.34. The Kier molecular flexibility index (Phi) is 6.64. The van der Waals surface area contributed by atoms with Gasteiger partial charge < -0.3 is 9.30 Å². The smallest absolute Gasteiger partial charge is 0.243 e. The van der Waals surface area contributed by atoms with Crippen molar-refractivity contribution >= 4 is 21.1 Å². The zero-order chi connectivity index (χ0) is 23.7. The monoisotopic (exact) mass is 482 g/mol. The first-order valence-corrected chi connectivity index (χ1v) is 13.8. The molecular weight excluding hydrogens is 448 g/mol. The van der Waals surface area contributed by atoms with Gasteiger partial charge in [-0.05, 0) is 75.0 Å². The molecule has 0 aliphatic carbocycles. The first-order chi connectivity index (χ1) is 16.5. The second kappa shape index (κ2) is 9.68. The first kappa shape index (κ1) is 23.3. The lowest BCUT2D eigenvalue weighted by molar-refractivity contribution is 0.239. The van der Waals surface area contributed by atoms with Crippen LogP contribution in [0.1, 0.15) is 56.5 Å². The third-order valence-electron chi connectivity index (χ3n) is 7.25. The second-order valence-corrected chi connectivity index (χ2v) is 11.2. The fourth-order valence-corrected chi connectivity index (χ4v) is 7.01. The lowest BCUT2D eigenvalue weighted by Gasteiger charge is -2.25. The number of hydrogen-bond acceptors (Lipinski definition) is 5. The van der Waals surface area contributed by atoms with E-state index in [9.17, 15) is 8.42 Å². The molecule has 7 nitrogen and oxygen atoms in total. The van der Waals surface area contributed by atoms with E-state index in [1.165, 1.54) is 5.56 Å². The van der Waals surface area contributed by atoms with Gasteiger partial charge in [-0.1, -0.05) is 18.6 Å². The maximum atomic E-state index is 13.2. The molecule has 182 valence electrons. The van der Waals surface area contributed by atoms with Gasteiger partial charge in [-0.25, -0.2) is 13.4 Å². The Bertz CT molecular complexity index is 1260.